The number of anilines is 1. The number of hydrogen-bond acceptors (Lipinski definition) is 5. The van der Waals surface area contributed by atoms with Gasteiger partial charge in [-0.2, -0.15) is 5.10 Å². The largest absolute Gasteiger partial charge is 0.307 e. The number of hydrazone groups is 1. The van der Waals surface area contributed by atoms with Crippen LogP contribution < -0.4 is 5.43 Å². The molecular formula is C8H8N4O2. The first kappa shape index (κ1) is 9.85. The summed E-state index contributed by atoms with van der Waals surface area (Å²) in [7, 11) is 0. The third kappa shape index (κ3) is 2.67. The van der Waals surface area contributed by atoms with E-state index in [2.05, 4.69) is 10.5 Å². The lowest BCUT2D eigenvalue weighted by Gasteiger charge is -1.98. The Labute approximate surface area is 79.9 Å². The molecule has 0 saturated heterocycles. The second-order valence-corrected chi connectivity index (χ2v) is 2.36. The Hall–Kier alpha value is -2.24. The molecule has 1 aromatic carbocycles. The van der Waals surface area contributed by atoms with E-state index in [0.29, 0.717) is 5.69 Å². The molecule has 0 fully saturated rings. The maximum atomic E-state index is 10.4. The van der Waals surface area contributed by atoms with Crippen LogP contribution in [0.2, 0.25) is 0 Å². The van der Waals surface area contributed by atoms with Crippen LogP contribution in [0.3, 0.4) is 0 Å². The van der Waals surface area contributed by atoms with E-state index in [4.69, 9.17) is 5.41 Å². The van der Waals surface area contributed by atoms with E-state index in [0.717, 1.165) is 6.21 Å². The lowest BCUT2D eigenvalue weighted by Crippen LogP contribution is -1.92. The zero-order valence-electron chi connectivity index (χ0n) is 7.18. The van der Waals surface area contributed by atoms with Gasteiger partial charge in [0.15, 0.2) is 0 Å². The lowest BCUT2D eigenvalue weighted by molar-refractivity contribution is -0.384. The summed E-state index contributed by atoms with van der Waals surface area (Å²) in [5.74, 6) is 0. The SMILES string of the molecule is N=C/C=N\Nc1cccc([N+](=O)[O-])c1. The zero-order chi connectivity index (χ0) is 10.4. The Balaban J connectivity index is 2.78. The molecule has 2 N–H and O–H groups in total. The van der Waals surface area contributed by atoms with Gasteiger partial charge in [0.2, 0.25) is 0 Å². The summed E-state index contributed by atoms with van der Waals surface area (Å²) in [6.45, 7) is 0. The predicted molar refractivity (Wildman–Crippen MR) is 54.0 cm³/mol. The monoisotopic (exact) mass is 192 g/mol. The molecule has 0 spiro atoms. The minimum Gasteiger partial charge on any atom is -0.307 e. The molecule has 1 rings (SSSR count). The van der Waals surface area contributed by atoms with Crippen molar-refractivity contribution in [2.24, 2.45) is 5.10 Å². The van der Waals surface area contributed by atoms with Gasteiger partial charge in [0.25, 0.3) is 5.69 Å². The molecule has 0 unspecified atom stereocenters. The number of benzene rings is 1. The molecule has 0 aromatic heterocycles. The van der Waals surface area contributed by atoms with Gasteiger partial charge in [0, 0.05) is 18.3 Å². The van der Waals surface area contributed by atoms with Crippen LogP contribution in [-0.4, -0.2) is 17.4 Å². The minimum atomic E-state index is -0.481. The van der Waals surface area contributed by atoms with E-state index in [9.17, 15) is 10.1 Å². The maximum absolute atomic E-state index is 10.4. The average Bonchev–Trinajstić information content (AvgIpc) is 2.19. The van der Waals surface area contributed by atoms with Crippen molar-refractivity contribution in [1.82, 2.24) is 0 Å². The van der Waals surface area contributed by atoms with Gasteiger partial charge in [-0.25, -0.2) is 0 Å². The topological polar surface area (TPSA) is 91.4 Å². The summed E-state index contributed by atoms with van der Waals surface area (Å²) in [5, 5.41) is 20.7. The molecule has 6 heteroatoms. The summed E-state index contributed by atoms with van der Waals surface area (Å²) >= 11 is 0. The summed E-state index contributed by atoms with van der Waals surface area (Å²) in [5.41, 5.74) is 3.07. The number of nitrogens with zero attached hydrogens (tertiary/aromatic N) is 2. The molecular weight excluding hydrogens is 184 g/mol. The van der Waals surface area contributed by atoms with Gasteiger partial charge in [-0.3, -0.25) is 15.5 Å². The molecule has 0 aliphatic rings. The van der Waals surface area contributed by atoms with E-state index < -0.39 is 4.92 Å². The quantitative estimate of drug-likeness (QED) is 0.431. The molecule has 0 saturated carbocycles. The number of nitro benzene ring substituents is 1. The highest BCUT2D eigenvalue weighted by atomic mass is 16.6. The van der Waals surface area contributed by atoms with Crippen molar-refractivity contribution in [1.29, 1.82) is 5.41 Å². The van der Waals surface area contributed by atoms with Crippen molar-refractivity contribution in [3.05, 3.63) is 34.4 Å². The first-order valence-corrected chi connectivity index (χ1v) is 3.76. The number of hydrogen-bond donors (Lipinski definition) is 2. The lowest BCUT2D eigenvalue weighted by atomic mass is 10.3. The zero-order valence-corrected chi connectivity index (χ0v) is 7.18. The van der Waals surface area contributed by atoms with Crippen LogP contribution in [0.15, 0.2) is 29.4 Å². The van der Waals surface area contributed by atoms with Crippen LogP contribution in [0.4, 0.5) is 11.4 Å². The molecule has 0 aliphatic carbocycles. The Morgan fingerprint density at radius 2 is 2.36 bits per heavy atom. The standard InChI is InChI=1S/C8H8N4O2/c9-4-5-10-11-7-2-1-3-8(6-7)12(13)14/h1-6,9,11H/b9-4?,10-5-. The van der Waals surface area contributed by atoms with Gasteiger partial charge in [-0.15, -0.1) is 0 Å². The van der Waals surface area contributed by atoms with Gasteiger partial charge in [0.1, 0.15) is 0 Å². The van der Waals surface area contributed by atoms with Crippen molar-refractivity contribution in [2.75, 3.05) is 5.43 Å². The van der Waals surface area contributed by atoms with Gasteiger partial charge in [0.05, 0.1) is 16.8 Å². The Morgan fingerprint density at radius 3 is 3.00 bits per heavy atom. The van der Waals surface area contributed by atoms with Gasteiger partial charge >= 0.3 is 0 Å². The van der Waals surface area contributed by atoms with Crippen LogP contribution in [-0.2, 0) is 0 Å². The van der Waals surface area contributed by atoms with Crippen LogP contribution in [0, 0.1) is 15.5 Å². The summed E-state index contributed by atoms with van der Waals surface area (Å²) in [4.78, 5) is 9.91. The molecule has 0 radical (unpaired) electrons. The second-order valence-electron chi connectivity index (χ2n) is 2.36. The number of rotatable bonds is 4. The number of non-ortho nitro benzene ring substituents is 1. The third-order valence-electron chi connectivity index (χ3n) is 1.40. The van der Waals surface area contributed by atoms with Crippen molar-refractivity contribution < 1.29 is 4.92 Å². The van der Waals surface area contributed by atoms with Crippen molar-refractivity contribution in [3.63, 3.8) is 0 Å². The summed E-state index contributed by atoms with van der Waals surface area (Å²) in [6.07, 6.45) is 2.24. The molecule has 1 aromatic rings. The Bertz CT molecular complexity index is 375. The fourth-order valence-corrected chi connectivity index (χ4v) is 0.838. The normalized spacial score (nSPS) is 10.0. The smallest absolute Gasteiger partial charge is 0.271 e. The fourth-order valence-electron chi connectivity index (χ4n) is 0.838. The molecule has 72 valence electrons. The first-order valence-electron chi connectivity index (χ1n) is 3.76. The number of nitro groups is 1. The Kier molecular flexibility index (Phi) is 3.31. The first-order chi connectivity index (χ1) is 6.74. The molecule has 0 aliphatic heterocycles. The fraction of sp³-hybridized carbons (Fsp3) is 0. The van der Waals surface area contributed by atoms with E-state index in [1.807, 2.05) is 0 Å². The summed E-state index contributed by atoms with van der Waals surface area (Å²) < 4.78 is 0. The van der Waals surface area contributed by atoms with E-state index in [-0.39, 0.29) is 5.69 Å². The molecule has 14 heavy (non-hydrogen) atoms. The minimum absolute atomic E-state index is 0.0000491. The maximum Gasteiger partial charge on any atom is 0.271 e. The molecule has 6 nitrogen and oxygen atoms in total. The Morgan fingerprint density at radius 1 is 1.57 bits per heavy atom. The average molecular weight is 192 g/mol. The van der Waals surface area contributed by atoms with Crippen LogP contribution in [0.5, 0.6) is 0 Å². The molecule has 0 amide bonds. The van der Waals surface area contributed by atoms with E-state index >= 15 is 0 Å². The number of nitrogens with one attached hydrogen (secondary N) is 2. The van der Waals surface area contributed by atoms with Crippen molar-refractivity contribution in [2.45, 2.75) is 0 Å². The predicted octanol–water partition coefficient (Wildman–Crippen LogP) is 1.64. The highest BCUT2D eigenvalue weighted by molar-refractivity contribution is 6.14. The summed E-state index contributed by atoms with van der Waals surface area (Å²) in [6, 6.07) is 5.96. The molecule has 0 bridgehead atoms. The van der Waals surface area contributed by atoms with Crippen LogP contribution >= 0.6 is 0 Å². The van der Waals surface area contributed by atoms with Crippen LogP contribution in [0.25, 0.3) is 0 Å². The molecule has 0 heterocycles. The third-order valence-corrected chi connectivity index (χ3v) is 1.40. The van der Waals surface area contributed by atoms with Crippen molar-refractivity contribution in [3.8, 4) is 0 Å². The van der Waals surface area contributed by atoms with Gasteiger partial charge in [-0.05, 0) is 6.07 Å². The van der Waals surface area contributed by atoms with Gasteiger partial charge in [-0.1, -0.05) is 6.07 Å². The molecule has 0 atom stereocenters. The van der Waals surface area contributed by atoms with Gasteiger partial charge < -0.3 is 5.41 Å². The second kappa shape index (κ2) is 4.70. The van der Waals surface area contributed by atoms with E-state index in [1.165, 1.54) is 18.3 Å². The van der Waals surface area contributed by atoms with E-state index in [1.54, 1.807) is 12.1 Å². The highest BCUT2D eigenvalue weighted by Gasteiger charge is 2.04. The van der Waals surface area contributed by atoms with Crippen LogP contribution in [0.1, 0.15) is 0 Å². The van der Waals surface area contributed by atoms with Crippen molar-refractivity contribution >= 4 is 23.8 Å². The highest BCUT2D eigenvalue weighted by Crippen LogP contribution is 2.16.